The van der Waals surface area contributed by atoms with E-state index >= 15 is 0 Å². The van der Waals surface area contributed by atoms with Gasteiger partial charge in [0.2, 0.25) is 10.0 Å². The molecular formula is C8H13N3O3S. The molecule has 0 unspecified atom stereocenters. The van der Waals surface area contributed by atoms with Crippen LogP contribution in [-0.2, 0) is 10.0 Å². The summed E-state index contributed by atoms with van der Waals surface area (Å²) in [5, 5.41) is 16.4. The second-order valence-electron chi connectivity index (χ2n) is 2.92. The molecule has 6 nitrogen and oxygen atoms in total. The maximum Gasteiger partial charge on any atom is 0.241 e. The van der Waals surface area contributed by atoms with Gasteiger partial charge in [-0.25, -0.2) is 13.6 Å². The lowest BCUT2D eigenvalue weighted by Crippen LogP contribution is -2.16. The van der Waals surface area contributed by atoms with Crippen molar-refractivity contribution in [1.82, 2.24) is 4.98 Å². The average Bonchev–Trinajstić information content (AvgIpc) is 2.17. The quantitative estimate of drug-likeness (QED) is 0.594. The first-order chi connectivity index (χ1) is 7.05. The Morgan fingerprint density at radius 2 is 2.27 bits per heavy atom. The second kappa shape index (κ2) is 5.06. The van der Waals surface area contributed by atoms with E-state index in [1.165, 1.54) is 18.5 Å². The number of hydrogen-bond acceptors (Lipinski definition) is 5. The lowest BCUT2D eigenvalue weighted by Gasteiger charge is -2.08. The van der Waals surface area contributed by atoms with E-state index in [1.54, 1.807) is 0 Å². The van der Waals surface area contributed by atoms with E-state index in [0.717, 1.165) is 0 Å². The summed E-state index contributed by atoms with van der Waals surface area (Å²) in [5.41, 5.74) is 0.404. The van der Waals surface area contributed by atoms with Gasteiger partial charge in [0, 0.05) is 25.5 Å². The van der Waals surface area contributed by atoms with Crippen molar-refractivity contribution in [2.24, 2.45) is 5.14 Å². The van der Waals surface area contributed by atoms with Crippen molar-refractivity contribution in [1.29, 1.82) is 0 Å². The molecule has 0 radical (unpaired) electrons. The average molecular weight is 231 g/mol. The number of anilines is 1. The SMILES string of the molecule is NS(=O)(=O)c1cnccc1NCCCO. The highest BCUT2D eigenvalue weighted by molar-refractivity contribution is 7.89. The fourth-order valence-corrected chi connectivity index (χ4v) is 1.71. The van der Waals surface area contributed by atoms with Crippen LogP contribution in [0, 0.1) is 0 Å². The number of aliphatic hydroxyl groups excluding tert-OH is 1. The third-order valence-corrected chi connectivity index (χ3v) is 2.68. The maximum atomic E-state index is 11.1. The Morgan fingerprint density at radius 1 is 1.53 bits per heavy atom. The zero-order chi connectivity index (χ0) is 11.3. The number of primary sulfonamides is 1. The molecule has 7 heteroatoms. The molecular weight excluding hydrogens is 218 g/mol. The van der Waals surface area contributed by atoms with Gasteiger partial charge in [0.25, 0.3) is 0 Å². The zero-order valence-corrected chi connectivity index (χ0v) is 8.87. The Bertz CT molecular complexity index is 419. The summed E-state index contributed by atoms with van der Waals surface area (Å²) in [7, 11) is -3.76. The number of aliphatic hydroxyl groups is 1. The Balaban J connectivity index is 2.88. The molecule has 0 atom stereocenters. The van der Waals surface area contributed by atoms with Gasteiger partial charge in [0.05, 0.1) is 5.69 Å². The van der Waals surface area contributed by atoms with Crippen molar-refractivity contribution < 1.29 is 13.5 Å². The minimum atomic E-state index is -3.76. The largest absolute Gasteiger partial charge is 0.396 e. The van der Waals surface area contributed by atoms with Gasteiger partial charge >= 0.3 is 0 Å². The highest BCUT2D eigenvalue weighted by atomic mass is 32.2. The van der Waals surface area contributed by atoms with Crippen LogP contribution in [0.5, 0.6) is 0 Å². The molecule has 15 heavy (non-hydrogen) atoms. The molecule has 84 valence electrons. The molecule has 0 spiro atoms. The van der Waals surface area contributed by atoms with E-state index in [-0.39, 0.29) is 11.5 Å². The van der Waals surface area contributed by atoms with Gasteiger partial charge in [-0.15, -0.1) is 0 Å². The number of sulfonamides is 1. The summed E-state index contributed by atoms with van der Waals surface area (Å²) in [4.78, 5) is 3.65. The first kappa shape index (κ1) is 11.9. The first-order valence-electron chi connectivity index (χ1n) is 4.37. The summed E-state index contributed by atoms with van der Waals surface area (Å²) in [6, 6.07) is 1.52. The maximum absolute atomic E-state index is 11.1. The van der Waals surface area contributed by atoms with Crippen molar-refractivity contribution in [2.45, 2.75) is 11.3 Å². The van der Waals surface area contributed by atoms with E-state index in [0.29, 0.717) is 18.7 Å². The molecule has 0 aliphatic carbocycles. The molecule has 0 amide bonds. The number of nitrogens with zero attached hydrogens (tertiary/aromatic N) is 1. The smallest absolute Gasteiger partial charge is 0.241 e. The molecule has 0 saturated carbocycles. The fourth-order valence-electron chi connectivity index (χ4n) is 1.05. The molecule has 0 aliphatic rings. The van der Waals surface area contributed by atoms with Crippen molar-refractivity contribution in [3.05, 3.63) is 18.5 Å². The zero-order valence-electron chi connectivity index (χ0n) is 8.05. The number of pyridine rings is 1. The van der Waals surface area contributed by atoms with E-state index in [9.17, 15) is 8.42 Å². The number of nitrogens with two attached hydrogens (primary N) is 1. The van der Waals surface area contributed by atoms with Crippen LogP contribution in [0.3, 0.4) is 0 Å². The van der Waals surface area contributed by atoms with Crippen LogP contribution in [0.2, 0.25) is 0 Å². The topological polar surface area (TPSA) is 105 Å². The van der Waals surface area contributed by atoms with Gasteiger partial charge < -0.3 is 10.4 Å². The Hall–Kier alpha value is -1.18. The van der Waals surface area contributed by atoms with E-state index in [4.69, 9.17) is 10.2 Å². The lowest BCUT2D eigenvalue weighted by atomic mass is 10.4. The Kier molecular flexibility index (Phi) is 4.01. The number of hydrogen-bond donors (Lipinski definition) is 3. The predicted molar refractivity (Wildman–Crippen MR) is 55.8 cm³/mol. The molecule has 0 bridgehead atoms. The van der Waals surface area contributed by atoms with Crippen LogP contribution in [0.25, 0.3) is 0 Å². The van der Waals surface area contributed by atoms with Gasteiger partial charge in [-0.3, -0.25) is 4.98 Å². The fraction of sp³-hybridized carbons (Fsp3) is 0.375. The van der Waals surface area contributed by atoms with E-state index < -0.39 is 10.0 Å². The molecule has 0 fully saturated rings. The summed E-state index contributed by atoms with van der Waals surface area (Å²) in [5.74, 6) is 0. The van der Waals surface area contributed by atoms with Crippen LogP contribution in [0.15, 0.2) is 23.4 Å². The van der Waals surface area contributed by atoms with Crippen LogP contribution < -0.4 is 10.5 Å². The first-order valence-corrected chi connectivity index (χ1v) is 5.92. The minimum Gasteiger partial charge on any atom is -0.396 e. The summed E-state index contributed by atoms with van der Waals surface area (Å²) >= 11 is 0. The van der Waals surface area contributed by atoms with E-state index in [2.05, 4.69) is 10.3 Å². The van der Waals surface area contributed by atoms with Crippen LogP contribution in [-0.4, -0.2) is 31.7 Å². The standard InChI is InChI=1S/C8H13N3O3S/c9-15(13,14)8-6-10-4-2-7(8)11-3-1-5-12/h2,4,6,12H,1,3,5H2,(H,10,11)(H2,9,13,14). The highest BCUT2D eigenvalue weighted by Gasteiger charge is 2.13. The molecule has 4 N–H and O–H groups in total. The van der Waals surface area contributed by atoms with Crippen molar-refractivity contribution in [3.63, 3.8) is 0 Å². The lowest BCUT2D eigenvalue weighted by molar-refractivity contribution is 0.292. The van der Waals surface area contributed by atoms with Gasteiger partial charge in [0.15, 0.2) is 0 Å². The molecule has 1 aromatic rings. The van der Waals surface area contributed by atoms with Crippen LogP contribution in [0.1, 0.15) is 6.42 Å². The number of nitrogens with one attached hydrogen (secondary N) is 1. The van der Waals surface area contributed by atoms with Crippen LogP contribution >= 0.6 is 0 Å². The highest BCUT2D eigenvalue weighted by Crippen LogP contribution is 2.17. The monoisotopic (exact) mass is 231 g/mol. The number of aromatic nitrogens is 1. The molecule has 0 aromatic carbocycles. The third-order valence-electron chi connectivity index (χ3n) is 1.74. The normalized spacial score (nSPS) is 11.3. The summed E-state index contributed by atoms with van der Waals surface area (Å²) in [6.07, 6.45) is 3.19. The molecule has 0 saturated heterocycles. The van der Waals surface area contributed by atoms with Crippen molar-refractivity contribution >= 4 is 15.7 Å². The Morgan fingerprint density at radius 3 is 2.87 bits per heavy atom. The van der Waals surface area contributed by atoms with Crippen molar-refractivity contribution in [3.8, 4) is 0 Å². The van der Waals surface area contributed by atoms with Gasteiger partial charge in [-0.1, -0.05) is 0 Å². The molecule has 1 rings (SSSR count). The third kappa shape index (κ3) is 3.46. The Labute approximate surface area is 88.2 Å². The van der Waals surface area contributed by atoms with Crippen molar-refractivity contribution in [2.75, 3.05) is 18.5 Å². The van der Waals surface area contributed by atoms with Gasteiger partial charge in [-0.2, -0.15) is 0 Å². The predicted octanol–water partition coefficient (Wildman–Crippen LogP) is -0.477. The molecule has 1 heterocycles. The number of rotatable bonds is 5. The molecule has 0 aliphatic heterocycles. The molecule has 1 aromatic heterocycles. The minimum absolute atomic E-state index is 0.0389. The van der Waals surface area contributed by atoms with E-state index in [1.807, 2.05) is 0 Å². The van der Waals surface area contributed by atoms with Crippen LogP contribution in [0.4, 0.5) is 5.69 Å². The second-order valence-corrected chi connectivity index (χ2v) is 4.45. The summed E-state index contributed by atoms with van der Waals surface area (Å²) < 4.78 is 22.3. The summed E-state index contributed by atoms with van der Waals surface area (Å²) in [6.45, 7) is 0.520. The van der Waals surface area contributed by atoms with Gasteiger partial charge in [-0.05, 0) is 12.5 Å². The van der Waals surface area contributed by atoms with Gasteiger partial charge in [0.1, 0.15) is 4.90 Å².